The van der Waals surface area contributed by atoms with Gasteiger partial charge in [0.2, 0.25) is 0 Å². The van der Waals surface area contributed by atoms with Gasteiger partial charge in [-0.1, -0.05) is 67.6 Å². The van der Waals surface area contributed by atoms with Crippen LogP contribution in [0.5, 0.6) is 0 Å². The summed E-state index contributed by atoms with van der Waals surface area (Å²) in [4.78, 5) is 37.5. The molecule has 1 amide bonds. The van der Waals surface area contributed by atoms with Gasteiger partial charge in [0, 0.05) is 30.0 Å². The van der Waals surface area contributed by atoms with Crippen LogP contribution in [0.1, 0.15) is 62.4 Å². The SMILES string of the molecule is C[C@@H]1[C@H](CSc2ncccc2C(=O)O)O[C@H](c2ccc(CNC(=O)c3cnc4ccccc4n3)cc2)O[C@@H]1c1ccc(CO)cc1. The second-order valence-electron chi connectivity index (χ2n) is 11.0. The van der Waals surface area contributed by atoms with Gasteiger partial charge < -0.3 is 25.0 Å². The van der Waals surface area contributed by atoms with E-state index in [1.54, 1.807) is 18.3 Å². The van der Waals surface area contributed by atoms with Crippen molar-refractivity contribution in [2.24, 2.45) is 5.92 Å². The van der Waals surface area contributed by atoms with E-state index in [-0.39, 0.29) is 41.9 Å². The molecule has 0 radical (unpaired) electrons. The Morgan fingerprint density at radius 1 is 0.870 bits per heavy atom. The lowest BCUT2D eigenvalue weighted by Crippen LogP contribution is -2.38. The maximum atomic E-state index is 12.8. The number of rotatable bonds is 10. The van der Waals surface area contributed by atoms with Crippen LogP contribution in [0.2, 0.25) is 0 Å². The maximum absolute atomic E-state index is 12.8. The first-order valence-electron chi connectivity index (χ1n) is 14.8. The minimum absolute atomic E-state index is 0.0508. The highest BCUT2D eigenvalue weighted by atomic mass is 32.2. The molecule has 0 aliphatic carbocycles. The molecule has 3 N–H and O–H groups in total. The quantitative estimate of drug-likeness (QED) is 0.163. The zero-order chi connectivity index (χ0) is 32.0. The van der Waals surface area contributed by atoms with Gasteiger partial charge >= 0.3 is 5.97 Å². The van der Waals surface area contributed by atoms with E-state index >= 15 is 0 Å². The monoisotopic (exact) mass is 636 g/mol. The summed E-state index contributed by atoms with van der Waals surface area (Å²) in [6.45, 7) is 2.30. The third kappa shape index (κ3) is 7.08. The fourth-order valence-electron chi connectivity index (χ4n) is 5.27. The molecule has 4 atom stereocenters. The number of amides is 1. The fourth-order valence-corrected chi connectivity index (χ4v) is 6.42. The molecule has 234 valence electrons. The number of aromatic carboxylic acids is 1. The number of nitrogens with zero attached hydrogens (tertiary/aromatic N) is 3. The average molecular weight is 637 g/mol. The van der Waals surface area contributed by atoms with Gasteiger partial charge in [-0.2, -0.15) is 0 Å². The number of ether oxygens (including phenoxy) is 2. The van der Waals surface area contributed by atoms with Crippen molar-refractivity contribution in [1.29, 1.82) is 0 Å². The van der Waals surface area contributed by atoms with Crippen molar-refractivity contribution in [3.8, 4) is 0 Å². The maximum Gasteiger partial charge on any atom is 0.338 e. The molecule has 1 aliphatic heterocycles. The first-order valence-corrected chi connectivity index (χ1v) is 15.8. The number of carboxylic acids is 1. The minimum Gasteiger partial charge on any atom is -0.478 e. The summed E-state index contributed by atoms with van der Waals surface area (Å²) < 4.78 is 13.0. The highest BCUT2D eigenvalue weighted by Crippen LogP contribution is 2.43. The second kappa shape index (κ2) is 14.2. The average Bonchev–Trinajstić information content (AvgIpc) is 3.10. The molecule has 10 nitrogen and oxygen atoms in total. The summed E-state index contributed by atoms with van der Waals surface area (Å²) in [5, 5.41) is 22.5. The zero-order valence-corrected chi connectivity index (χ0v) is 25.8. The van der Waals surface area contributed by atoms with Crippen molar-refractivity contribution in [2.75, 3.05) is 5.75 Å². The molecule has 6 rings (SSSR count). The van der Waals surface area contributed by atoms with Crippen molar-refractivity contribution in [2.45, 2.75) is 43.6 Å². The van der Waals surface area contributed by atoms with Crippen LogP contribution in [0.15, 0.2) is 102 Å². The number of carbonyl (C=O) groups excluding carboxylic acids is 1. The van der Waals surface area contributed by atoms with Crippen molar-refractivity contribution in [3.05, 3.63) is 131 Å². The smallest absolute Gasteiger partial charge is 0.338 e. The summed E-state index contributed by atoms with van der Waals surface area (Å²) in [5.74, 6) is -0.957. The van der Waals surface area contributed by atoms with Crippen LogP contribution < -0.4 is 5.32 Å². The van der Waals surface area contributed by atoms with Crippen LogP contribution in [0.25, 0.3) is 11.0 Å². The number of fused-ring (bicyclic) bond motifs is 1. The largest absolute Gasteiger partial charge is 0.478 e. The number of carbonyl (C=O) groups is 2. The molecule has 0 unspecified atom stereocenters. The molecule has 3 heterocycles. The number of aromatic nitrogens is 3. The van der Waals surface area contributed by atoms with E-state index in [1.807, 2.05) is 79.7 Å². The number of thioether (sulfide) groups is 1. The van der Waals surface area contributed by atoms with Gasteiger partial charge in [-0.15, -0.1) is 11.8 Å². The summed E-state index contributed by atoms with van der Waals surface area (Å²) in [6, 6.07) is 25.8. The summed E-state index contributed by atoms with van der Waals surface area (Å²) in [5.41, 5.74) is 5.22. The molecular formula is C35H32N4O6S. The molecule has 0 spiro atoms. The Bertz CT molecular complexity index is 1840. The Morgan fingerprint density at radius 3 is 2.33 bits per heavy atom. The number of nitrogens with one attached hydrogen (secondary N) is 1. The van der Waals surface area contributed by atoms with Crippen LogP contribution in [-0.2, 0) is 22.6 Å². The molecule has 1 saturated heterocycles. The van der Waals surface area contributed by atoms with Crippen LogP contribution in [0.3, 0.4) is 0 Å². The number of pyridine rings is 1. The lowest BCUT2D eigenvalue weighted by atomic mass is 9.91. The second-order valence-corrected chi connectivity index (χ2v) is 12.0. The molecule has 1 fully saturated rings. The molecule has 11 heteroatoms. The molecule has 0 saturated carbocycles. The molecule has 3 aromatic carbocycles. The third-order valence-electron chi connectivity index (χ3n) is 7.90. The van der Waals surface area contributed by atoms with Crippen LogP contribution in [0.4, 0.5) is 0 Å². The standard InChI is InChI=1S/C35H32N4O6S/c1-21-30(20-46-33-26(34(42)43)5-4-16-36-33)44-35(45-31(21)24-12-10-23(19-40)11-13-24)25-14-8-22(9-15-25)17-38-32(41)29-18-37-27-6-2-3-7-28(27)39-29/h2-16,18,21,30-31,35,40H,17,19-20H2,1H3,(H,38,41)(H,42,43)/t21-,30+,31+,35+/m1/s1. The molecule has 46 heavy (non-hydrogen) atoms. The lowest BCUT2D eigenvalue weighted by molar-refractivity contribution is -0.268. The van der Waals surface area contributed by atoms with E-state index in [9.17, 15) is 19.8 Å². The Morgan fingerprint density at radius 2 is 1.59 bits per heavy atom. The van der Waals surface area contributed by atoms with Crippen LogP contribution >= 0.6 is 11.8 Å². The molecule has 5 aromatic rings. The van der Waals surface area contributed by atoms with Gasteiger partial charge in [0.1, 0.15) is 10.7 Å². The van der Waals surface area contributed by atoms with E-state index in [0.717, 1.165) is 27.8 Å². The predicted octanol–water partition coefficient (Wildman–Crippen LogP) is 5.73. The van der Waals surface area contributed by atoms with Gasteiger partial charge in [-0.25, -0.2) is 14.8 Å². The number of hydrogen-bond donors (Lipinski definition) is 3. The van der Waals surface area contributed by atoms with E-state index in [4.69, 9.17) is 9.47 Å². The van der Waals surface area contributed by atoms with Gasteiger partial charge in [0.15, 0.2) is 6.29 Å². The fraction of sp³-hybridized carbons (Fsp3) is 0.229. The van der Waals surface area contributed by atoms with Crippen molar-refractivity contribution < 1.29 is 29.3 Å². The first kappa shape index (κ1) is 31.3. The predicted molar refractivity (Wildman–Crippen MR) is 172 cm³/mol. The van der Waals surface area contributed by atoms with Gasteiger partial charge in [0.05, 0.1) is 41.6 Å². The van der Waals surface area contributed by atoms with Gasteiger partial charge in [-0.05, 0) is 41.0 Å². The van der Waals surface area contributed by atoms with Crippen LogP contribution in [0, 0.1) is 5.92 Å². The number of aliphatic hydroxyl groups is 1. The van der Waals surface area contributed by atoms with Gasteiger partial charge in [-0.3, -0.25) is 9.78 Å². The van der Waals surface area contributed by atoms with Gasteiger partial charge in [0.25, 0.3) is 5.91 Å². The molecule has 2 aromatic heterocycles. The molecule has 0 bridgehead atoms. The van der Waals surface area contributed by atoms with Crippen molar-refractivity contribution in [3.63, 3.8) is 0 Å². The van der Waals surface area contributed by atoms with E-state index in [0.29, 0.717) is 22.8 Å². The summed E-state index contributed by atoms with van der Waals surface area (Å²) in [7, 11) is 0. The highest BCUT2D eigenvalue weighted by molar-refractivity contribution is 7.99. The van der Waals surface area contributed by atoms with Crippen LogP contribution in [-0.4, -0.2) is 48.9 Å². The topological polar surface area (TPSA) is 144 Å². The van der Waals surface area contributed by atoms with E-state index in [2.05, 4.69) is 20.3 Å². The number of carboxylic acid groups (broad SMARTS) is 1. The Hall–Kier alpha value is -4.68. The highest BCUT2D eigenvalue weighted by Gasteiger charge is 2.38. The summed E-state index contributed by atoms with van der Waals surface area (Å²) in [6.07, 6.45) is 1.75. The third-order valence-corrected chi connectivity index (χ3v) is 8.99. The number of aliphatic hydroxyl groups excluding tert-OH is 1. The number of hydrogen-bond acceptors (Lipinski definition) is 9. The summed E-state index contributed by atoms with van der Waals surface area (Å²) >= 11 is 1.34. The minimum atomic E-state index is -1.03. The Balaban J connectivity index is 1.17. The first-order chi connectivity index (χ1) is 22.4. The van der Waals surface area contributed by atoms with Crippen molar-refractivity contribution in [1.82, 2.24) is 20.3 Å². The van der Waals surface area contributed by atoms with E-state index < -0.39 is 12.3 Å². The normalized spacial score (nSPS) is 19.5. The van der Waals surface area contributed by atoms with Crippen molar-refractivity contribution >= 4 is 34.7 Å². The zero-order valence-electron chi connectivity index (χ0n) is 24.9. The number of para-hydroxylation sites is 2. The Labute approximate surface area is 269 Å². The molecule has 1 aliphatic rings. The number of benzene rings is 3. The molecular weight excluding hydrogens is 604 g/mol. The lowest BCUT2D eigenvalue weighted by Gasteiger charge is -2.41. The Kier molecular flexibility index (Phi) is 9.65. The van der Waals surface area contributed by atoms with E-state index in [1.165, 1.54) is 18.0 Å².